The van der Waals surface area contributed by atoms with E-state index in [1.807, 2.05) is 6.92 Å². The van der Waals surface area contributed by atoms with Crippen LogP contribution in [0.3, 0.4) is 0 Å². The monoisotopic (exact) mass is 505 g/mol. The quantitative estimate of drug-likeness (QED) is 0.527. The van der Waals surface area contributed by atoms with Crippen LogP contribution in [0.2, 0.25) is 0 Å². The molecular weight excluding hydrogens is 470 g/mol. The zero-order chi connectivity index (χ0) is 25.9. The van der Waals surface area contributed by atoms with Gasteiger partial charge in [-0.15, -0.1) is 0 Å². The number of nitrogens with one attached hydrogen (secondary N) is 1. The van der Waals surface area contributed by atoms with Crippen LogP contribution in [-0.4, -0.2) is 56.3 Å². The van der Waals surface area contributed by atoms with Gasteiger partial charge >= 0.3 is 6.03 Å². The van der Waals surface area contributed by atoms with E-state index in [-0.39, 0.29) is 30.2 Å². The lowest BCUT2D eigenvalue weighted by molar-refractivity contribution is -0.156. The number of pyridine rings is 1. The van der Waals surface area contributed by atoms with Crippen molar-refractivity contribution < 1.29 is 14.4 Å². The van der Waals surface area contributed by atoms with Crippen molar-refractivity contribution >= 4 is 29.6 Å². The number of hydrogen-bond acceptors (Lipinski definition) is 7. The van der Waals surface area contributed by atoms with Crippen LogP contribution < -0.4 is 16.0 Å². The predicted molar refractivity (Wildman–Crippen MR) is 138 cm³/mol. The molecule has 4 amide bonds. The van der Waals surface area contributed by atoms with E-state index in [2.05, 4.69) is 20.3 Å². The van der Waals surface area contributed by atoms with E-state index in [4.69, 9.17) is 5.73 Å². The number of likely N-dealkylation sites (N-methyl/N-ethyl adjacent to an activating group) is 1. The molecule has 10 heteroatoms. The number of carbonyl (C=O) groups is 3. The summed E-state index contributed by atoms with van der Waals surface area (Å²) in [6.45, 7) is 2.13. The Morgan fingerprint density at radius 2 is 1.78 bits per heavy atom. The standard InChI is InChI=1S/C27H35N7O3/c1-2-33(26-30-12-6-13-31-26)25(36)23-20(15-17-11-14-29-21(28)16-17)24(35)34(23)27(37)32-22(19-9-10-19)18-7-4-3-5-8-18/h6,11-14,16,18-20,22-23H,2-5,7-10,15H2,1H3,(H2,28,29)(H,32,37)/t20?,22-,23-/m0/s1. The van der Waals surface area contributed by atoms with E-state index < -0.39 is 18.0 Å². The number of aromatic nitrogens is 3. The fourth-order valence-electron chi connectivity index (χ4n) is 5.90. The molecule has 2 saturated carbocycles. The first-order chi connectivity index (χ1) is 18.0. The molecule has 3 N–H and O–H groups in total. The normalized spacial score (nSPS) is 22.7. The number of anilines is 2. The first-order valence-corrected chi connectivity index (χ1v) is 13.4. The van der Waals surface area contributed by atoms with Crippen LogP contribution in [0.1, 0.15) is 57.4 Å². The summed E-state index contributed by atoms with van der Waals surface area (Å²) in [7, 11) is 0. The number of likely N-dealkylation sites (tertiary alicyclic amines) is 1. The molecule has 37 heavy (non-hydrogen) atoms. The molecule has 3 aliphatic rings. The van der Waals surface area contributed by atoms with E-state index in [9.17, 15) is 14.4 Å². The third-order valence-electron chi connectivity index (χ3n) is 7.94. The molecule has 0 bridgehead atoms. The first kappa shape index (κ1) is 25.1. The minimum atomic E-state index is -0.947. The lowest BCUT2D eigenvalue weighted by atomic mass is 9.80. The minimum absolute atomic E-state index is 0.0510. The van der Waals surface area contributed by atoms with Gasteiger partial charge in [0.25, 0.3) is 5.91 Å². The Morgan fingerprint density at radius 1 is 1.08 bits per heavy atom. The molecule has 1 saturated heterocycles. The van der Waals surface area contributed by atoms with E-state index in [0.717, 1.165) is 36.1 Å². The van der Waals surface area contributed by atoms with Gasteiger partial charge in [-0.2, -0.15) is 0 Å². The highest BCUT2D eigenvalue weighted by Gasteiger charge is 2.56. The summed E-state index contributed by atoms with van der Waals surface area (Å²) in [5, 5.41) is 3.19. The van der Waals surface area contributed by atoms with Gasteiger partial charge in [-0.25, -0.2) is 19.7 Å². The average molecular weight is 506 g/mol. The maximum atomic E-state index is 13.9. The van der Waals surface area contributed by atoms with Crippen LogP contribution >= 0.6 is 0 Å². The molecule has 0 spiro atoms. The summed E-state index contributed by atoms with van der Waals surface area (Å²) in [6, 6.07) is 3.78. The Labute approximate surface area is 217 Å². The number of imide groups is 1. The number of rotatable bonds is 8. The number of amides is 4. The summed E-state index contributed by atoms with van der Waals surface area (Å²) in [6.07, 6.45) is 13.0. The van der Waals surface area contributed by atoms with Gasteiger partial charge in [0.15, 0.2) is 0 Å². The Kier molecular flexibility index (Phi) is 7.34. The van der Waals surface area contributed by atoms with Crippen LogP contribution in [0, 0.1) is 17.8 Å². The molecule has 3 fully saturated rings. The Hall–Kier alpha value is -3.56. The van der Waals surface area contributed by atoms with Crippen LogP contribution in [-0.2, 0) is 16.0 Å². The molecule has 2 aromatic rings. The maximum Gasteiger partial charge on any atom is 0.325 e. The van der Waals surface area contributed by atoms with Crippen molar-refractivity contribution in [3.63, 3.8) is 0 Å². The zero-order valence-electron chi connectivity index (χ0n) is 21.3. The van der Waals surface area contributed by atoms with Crippen molar-refractivity contribution in [2.24, 2.45) is 17.8 Å². The number of nitrogens with two attached hydrogens (primary N) is 1. The molecule has 0 radical (unpaired) electrons. The molecule has 2 aromatic heterocycles. The lowest BCUT2D eigenvalue weighted by Crippen LogP contribution is -2.71. The maximum absolute atomic E-state index is 13.9. The van der Waals surface area contributed by atoms with E-state index in [0.29, 0.717) is 24.2 Å². The van der Waals surface area contributed by atoms with Gasteiger partial charge in [-0.1, -0.05) is 19.3 Å². The second kappa shape index (κ2) is 10.8. The van der Waals surface area contributed by atoms with Crippen LogP contribution in [0.4, 0.5) is 16.6 Å². The van der Waals surface area contributed by atoms with Crippen molar-refractivity contribution in [2.45, 2.75) is 70.4 Å². The molecule has 1 unspecified atom stereocenters. The average Bonchev–Trinajstić information content (AvgIpc) is 3.75. The molecule has 2 aliphatic carbocycles. The highest BCUT2D eigenvalue weighted by atomic mass is 16.2. The van der Waals surface area contributed by atoms with Crippen molar-refractivity contribution in [3.8, 4) is 0 Å². The topological polar surface area (TPSA) is 134 Å². The number of nitrogens with zero attached hydrogens (tertiary/aromatic N) is 5. The molecule has 0 aromatic carbocycles. The fourth-order valence-corrected chi connectivity index (χ4v) is 5.90. The number of β-lactam (4-membered cyclic amide) rings is 1. The smallest absolute Gasteiger partial charge is 0.325 e. The second-order valence-electron chi connectivity index (χ2n) is 10.4. The zero-order valence-corrected chi connectivity index (χ0v) is 21.3. The Bertz CT molecular complexity index is 1130. The second-order valence-corrected chi connectivity index (χ2v) is 10.4. The van der Waals surface area contributed by atoms with Crippen LogP contribution in [0.15, 0.2) is 36.8 Å². The largest absolute Gasteiger partial charge is 0.384 e. The van der Waals surface area contributed by atoms with E-state index >= 15 is 0 Å². The van der Waals surface area contributed by atoms with Gasteiger partial charge in [0.05, 0.1) is 5.92 Å². The van der Waals surface area contributed by atoms with Gasteiger partial charge in [0.1, 0.15) is 11.9 Å². The number of urea groups is 1. The van der Waals surface area contributed by atoms with Gasteiger partial charge in [-0.3, -0.25) is 19.4 Å². The molecule has 1 aliphatic heterocycles. The summed E-state index contributed by atoms with van der Waals surface area (Å²) in [4.78, 5) is 55.9. The molecule has 10 nitrogen and oxygen atoms in total. The Morgan fingerprint density at radius 3 is 2.43 bits per heavy atom. The number of nitrogen functional groups attached to an aromatic ring is 1. The van der Waals surface area contributed by atoms with Crippen molar-refractivity contribution in [3.05, 3.63) is 42.4 Å². The first-order valence-electron chi connectivity index (χ1n) is 13.4. The molecule has 196 valence electrons. The van der Waals surface area contributed by atoms with Gasteiger partial charge in [0.2, 0.25) is 11.9 Å². The van der Waals surface area contributed by atoms with Crippen molar-refractivity contribution in [1.82, 2.24) is 25.2 Å². The van der Waals surface area contributed by atoms with Gasteiger partial charge in [0, 0.05) is 31.2 Å². The minimum Gasteiger partial charge on any atom is -0.384 e. The highest BCUT2D eigenvalue weighted by molar-refractivity contribution is 6.12. The molecule has 5 rings (SSSR count). The third kappa shape index (κ3) is 5.28. The Balaban J connectivity index is 1.39. The molecule has 3 heterocycles. The number of hydrogen-bond donors (Lipinski definition) is 2. The molecule has 3 atom stereocenters. The van der Waals surface area contributed by atoms with Gasteiger partial charge < -0.3 is 11.1 Å². The van der Waals surface area contributed by atoms with E-state index in [1.165, 1.54) is 24.2 Å². The lowest BCUT2D eigenvalue weighted by Gasteiger charge is -2.46. The highest BCUT2D eigenvalue weighted by Crippen LogP contribution is 2.41. The van der Waals surface area contributed by atoms with Crippen molar-refractivity contribution in [1.29, 1.82) is 0 Å². The van der Waals surface area contributed by atoms with Gasteiger partial charge in [-0.05, 0) is 74.6 Å². The summed E-state index contributed by atoms with van der Waals surface area (Å²) in [5.74, 6) is 0.0701. The summed E-state index contributed by atoms with van der Waals surface area (Å²) < 4.78 is 0. The predicted octanol–water partition coefficient (Wildman–Crippen LogP) is 2.94. The summed E-state index contributed by atoms with van der Waals surface area (Å²) in [5.41, 5.74) is 6.63. The number of carbonyl (C=O) groups excluding carboxylic acids is 3. The molecular formula is C27H35N7O3. The third-order valence-corrected chi connectivity index (χ3v) is 7.94. The SMILES string of the molecule is CCN(C(=O)[C@@H]1C(Cc2ccnc(N)c2)C(=O)N1C(=O)N[C@@H](C1CCCCC1)C1CC1)c1ncccn1. The summed E-state index contributed by atoms with van der Waals surface area (Å²) >= 11 is 0. The van der Waals surface area contributed by atoms with Crippen LogP contribution in [0.25, 0.3) is 0 Å². The van der Waals surface area contributed by atoms with E-state index in [1.54, 1.807) is 36.8 Å². The van der Waals surface area contributed by atoms with Crippen LogP contribution in [0.5, 0.6) is 0 Å². The fraction of sp³-hybridized carbons (Fsp3) is 0.556. The van der Waals surface area contributed by atoms with Crippen molar-refractivity contribution in [2.75, 3.05) is 17.2 Å².